The number of aromatic nitrogens is 4. The molecule has 2 aliphatic heterocycles. The summed E-state index contributed by atoms with van der Waals surface area (Å²) in [5, 5.41) is 29.2. The maximum atomic E-state index is 11.9. The van der Waals surface area contributed by atoms with Gasteiger partial charge in [0.1, 0.15) is 5.75 Å². The molecule has 63 heavy (non-hydrogen) atoms. The summed E-state index contributed by atoms with van der Waals surface area (Å²) in [4.78, 5) is 53.4. The van der Waals surface area contributed by atoms with E-state index >= 15 is 0 Å². The molecule has 5 heterocycles. The standard InChI is InChI=1S/C51H39N5O7/c52-27-1-2-28-63-36-17-15-32(16-18-36)48-43-25-23-41(55-43)46(30-5-11-34(12-6-30)50(59)60)39-21-19-37(53-39)45(29-3-9-33(10-4-29)49(57)58)38-20-22-40(54-38)47(42-24-26-44(48)56-42)31-7-13-35(14-8-31)51(61)62/h3-26,53,56H,1-2,27-28,52H2,(H,57,58)(H,59,60)(H,61,62). The van der Waals surface area contributed by atoms with Crippen molar-refractivity contribution in [2.24, 2.45) is 5.73 Å². The Labute approximate surface area is 360 Å². The molecule has 4 aromatic carbocycles. The van der Waals surface area contributed by atoms with E-state index in [1.165, 1.54) is 0 Å². The van der Waals surface area contributed by atoms with Crippen LogP contribution in [-0.2, 0) is 0 Å². The number of carbonyl (C=O) groups is 3. The second kappa shape index (κ2) is 17.0. The number of hydrogen-bond acceptors (Lipinski definition) is 7. The van der Waals surface area contributed by atoms with Gasteiger partial charge in [0.25, 0.3) is 0 Å². The lowest BCUT2D eigenvalue weighted by molar-refractivity contribution is 0.0686. The molecule has 8 bridgehead atoms. The molecule has 0 radical (unpaired) electrons. The smallest absolute Gasteiger partial charge is 0.335 e. The van der Waals surface area contributed by atoms with Gasteiger partial charge in [-0.2, -0.15) is 0 Å². The zero-order chi connectivity index (χ0) is 43.6. The van der Waals surface area contributed by atoms with Gasteiger partial charge < -0.3 is 35.8 Å². The van der Waals surface area contributed by atoms with Crippen molar-refractivity contribution in [3.8, 4) is 50.3 Å². The minimum atomic E-state index is -1.05. The third kappa shape index (κ3) is 8.01. The Kier molecular flexibility index (Phi) is 10.8. The van der Waals surface area contributed by atoms with Crippen molar-refractivity contribution in [2.45, 2.75) is 12.8 Å². The van der Waals surface area contributed by atoms with Gasteiger partial charge >= 0.3 is 17.9 Å². The molecule has 0 aliphatic carbocycles. The molecule has 7 aromatic rings. The molecule has 310 valence electrons. The number of hydrogen-bond donors (Lipinski definition) is 6. The first-order valence-electron chi connectivity index (χ1n) is 20.3. The fourth-order valence-electron chi connectivity index (χ4n) is 7.91. The summed E-state index contributed by atoms with van der Waals surface area (Å²) in [7, 11) is 0. The van der Waals surface area contributed by atoms with Crippen LogP contribution in [0.5, 0.6) is 5.75 Å². The number of aromatic carboxylic acids is 3. The van der Waals surface area contributed by atoms with Crippen LogP contribution in [0.25, 0.3) is 90.9 Å². The predicted molar refractivity (Wildman–Crippen MR) is 245 cm³/mol. The van der Waals surface area contributed by atoms with E-state index in [1.807, 2.05) is 72.8 Å². The summed E-state index contributed by atoms with van der Waals surface area (Å²) in [5.41, 5.74) is 17.4. The average Bonchev–Trinajstić information content (AvgIpc) is 4.15. The van der Waals surface area contributed by atoms with Crippen LogP contribution in [0.15, 0.2) is 121 Å². The van der Waals surface area contributed by atoms with Crippen LogP contribution >= 0.6 is 0 Å². The molecule has 12 heteroatoms. The first kappa shape index (κ1) is 40.1. The Hall–Kier alpha value is -8.35. The van der Waals surface area contributed by atoms with E-state index in [1.54, 1.807) is 72.8 Å². The molecular formula is C51H39N5O7. The van der Waals surface area contributed by atoms with E-state index in [0.717, 1.165) is 57.5 Å². The minimum Gasteiger partial charge on any atom is -0.494 e. The average molecular weight is 834 g/mol. The van der Waals surface area contributed by atoms with Crippen molar-refractivity contribution in [3.05, 3.63) is 161 Å². The number of rotatable bonds is 12. The fraction of sp³-hybridized carbons (Fsp3) is 0.0784. The number of ether oxygens (including phenoxy) is 1. The lowest BCUT2D eigenvalue weighted by Gasteiger charge is -2.09. The van der Waals surface area contributed by atoms with Crippen LogP contribution in [0.2, 0.25) is 0 Å². The molecular weight excluding hydrogens is 795 g/mol. The van der Waals surface area contributed by atoms with Gasteiger partial charge in [0.2, 0.25) is 0 Å². The second-order valence-electron chi connectivity index (χ2n) is 15.0. The lowest BCUT2D eigenvalue weighted by Crippen LogP contribution is -2.03. The molecule has 0 atom stereocenters. The van der Waals surface area contributed by atoms with E-state index < -0.39 is 17.9 Å². The number of H-pyrrole nitrogens is 2. The number of nitrogens with two attached hydrogens (primary N) is 1. The Balaban J connectivity index is 1.37. The number of fused-ring (bicyclic) bond motifs is 8. The summed E-state index contributed by atoms with van der Waals surface area (Å²) in [6.07, 6.45) is 9.42. The van der Waals surface area contributed by atoms with E-state index in [9.17, 15) is 29.7 Å². The second-order valence-corrected chi connectivity index (χ2v) is 15.0. The van der Waals surface area contributed by atoms with Crippen molar-refractivity contribution >= 4 is 64.3 Å². The predicted octanol–water partition coefficient (Wildman–Crippen LogP) is 10.5. The maximum Gasteiger partial charge on any atom is 0.335 e. The van der Waals surface area contributed by atoms with Crippen LogP contribution < -0.4 is 10.5 Å². The van der Waals surface area contributed by atoms with Gasteiger partial charge in [0.15, 0.2) is 0 Å². The van der Waals surface area contributed by atoms with E-state index in [0.29, 0.717) is 63.6 Å². The molecule has 0 saturated carbocycles. The normalized spacial score (nSPS) is 11.8. The van der Waals surface area contributed by atoms with Crippen LogP contribution in [0.1, 0.15) is 66.7 Å². The van der Waals surface area contributed by atoms with Crippen molar-refractivity contribution in [3.63, 3.8) is 0 Å². The van der Waals surface area contributed by atoms with Gasteiger partial charge in [0, 0.05) is 44.3 Å². The molecule has 0 amide bonds. The first-order chi connectivity index (χ1) is 30.6. The lowest BCUT2D eigenvalue weighted by atomic mass is 10.0. The van der Waals surface area contributed by atoms with Crippen LogP contribution in [-0.4, -0.2) is 66.3 Å². The molecule has 0 saturated heterocycles. The fourth-order valence-corrected chi connectivity index (χ4v) is 7.91. The van der Waals surface area contributed by atoms with Crippen LogP contribution in [0.3, 0.4) is 0 Å². The monoisotopic (exact) mass is 833 g/mol. The van der Waals surface area contributed by atoms with E-state index in [-0.39, 0.29) is 16.7 Å². The number of aromatic amines is 2. The van der Waals surface area contributed by atoms with E-state index in [2.05, 4.69) is 9.97 Å². The number of nitrogens with one attached hydrogen (secondary N) is 2. The molecule has 3 aromatic heterocycles. The Morgan fingerprint density at radius 3 is 1.03 bits per heavy atom. The summed E-state index contributed by atoms with van der Waals surface area (Å²) < 4.78 is 6.01. The molecule has 9 rings (SSSR count). The quantitative estimate of drug-likeness (QED) is 0.0643. The van der Waals surface area contributed by atoms with Gasteiger partial charge in [0.05, 0.1) is 46.1 Å². The van der Waals surface area contributed by atoms with Crippen molar-refractivity contribution in [1.29, 1.82) is 0 Å². The molecule has 2 aliphatic rings. The maximum absolute atomic E-state index is 11.9. The highest BCUT2D eigenvalue weighted by Crippen LogP contribution is 2.39. The zero-order valence-corrected chi connectivity index (χ0v) is 33.6. The Bertz CT molecular complexity index is 3110. The summed E-state index contributed by atoms with van der Waals surface area (Å²) in [6.45, 7) is 1.15. The van der Waals surface area contributed by atoms with Gasteiger partial charge in [-0.15, -0.1) is 0 Å². The number of nitrogens with zero attached hydrogens (tertiary/aromatic N) is 2. The number of unbranched alkanes of at least 4 members (excludes halogenated alkanes) is 1. The molecule has 0 fully saturated rings. The summed E-state index contributed by atoms with van der Waals surface area (Å²) >= 11 is 0. The third-order valence-corrected chi connectivity index (χ3v) is 11.0. The summed E-state index contributed by atoms with van der Waals surface area (Å²) in [6, 6.07) is 35.6. The van der Waals surface area contributed by atoms with E-state index in [4.69, 9.17) is 20.4 Å². The molecule has 0 unspecified atom stereocenters. The first-order valence-corrected chi connectivity index (χ1v) is 20.3. The van der Waals surface area contributed by atoms with Gasteiger partial charge in [-0.1, -0.05) is 48.5 Å². The highest BCUT2D eigenvalue weighted by atomic mass is 16.5. The van der Waals surface area contributed by atoms with Gasteiger partial charge in [-0.25, -0.2) is 24.4 Å². The highest BCUT2D eigenvalue weighted by molar-refractivity contribution is 6.01. The topological polar surface area (TPSA) is 205 Å². The van der Waals surface area contributed by atoms with Crippen LogP contribution in [0.4, 0.5) is 0 Å². The SMILES string of the molecule is NCCCCOc1ccc(-c2c3nc(c(-c4ccc(C(=O)O)cc4)c4ccc([nH]4)c(-c4ccc(C(=O)O)cc4)c4nc(c(-c5ccc(C(=O)O)cc5)c5ccc2[nH]5)C=C4)C=C3)cc1. The molecule has 7 N–H and O–H groups in total. The van der Waals surface area contributed by atoms with Crippen molar-refractivity contribution in [2.75, 3.05) is 13.2 Å². The molecule has 12 nitrogen and oxygen atoms in total. The Morgan fingerprint density at radius 1 is 0.444 bits per heavy atom. The van der Waals surface area contributed by atoms with Gasteiger partial charge in [-0.05, 0) is 139 Å². The number of carboxylic acids is 3. The van der Waals surface area contributed by atoms with Crippen LogP contribution in [0, 0.1) is 0 Å². The van der Waals surface area contributed by atoms with Gasteiger partial charge in [-0.3, -0.25) is 0 Å². The third-order valence-electron chi connectivity index (χ3n) is 11.0. The minimum absolute atomic E-state index is 0.135. The summed E-state index contributed by atoms with van der Waals surface area (Å²) in [5.74, 6) is -2.40. The van der Waals surface area contributed by atoms with Crippen molar-refractivity contribution in [1.82, 2.24) is 19.9 Å². The number of benzene rings is 4. The highest BCUT2D eigenvalue weighted by Gasteiger charge is 2.20. The zero-order valence-electron chi connectivity index (χ0n) is 33.6. The largest absolute Gasteiger partial charge is 0.494 e. The van der Waals surface area contributed by atoms with Crippen molar-refractivity contribution < 1.29 is 34.4 Å². The molecule has 0 spiro atoms. The Morgan fingerprint density at radius 2 is 0.746 bits per heavy atom. The number of carboxylic acid groups (broad SMARTS) is 3.